The molecule has 1 heterocycles. The Labute approximate surface area is 158 Å². The molecule has 1 atom stereocenters. The SMILES string of the molecule is C=C1CCC(C)(NC(=O)C([CH]=[W])=C[C](=[V])CC(C)(C)C)C(=O)N1. The molecule has 0 aromatic rings. The first-order chi connectivity index (χ1) is 10.5. The summed E-state index contributed by atoms with van der Waals surface area (Å²) in [6, 6.07) is 0. The zero-order valence-corrected chi connectivity index (χ0v) is 18.5. The molecule has 0 aliphatic carbocycles. The molecule has 0 spiro atoms. The number of piperidine rings is 1. The summed E-state index contributed by atoms with van der Waals surface area (Å²) >= 11 is 3.74. The fourth-order valence-electron chi connectivity index (χ4n) is 2.24. The number of nitrogens with one attached hydrogen (secondary N) is 2. The second-order valence-corrected chi connectivity index (χ2v) is 9.03. The minimum atomic E-state index is -0.886. The Kier molecular flexibility index (Phi) is 7.13. The van der Waals surface area contributed by atoms with E-state index in [4.69, 9.17) is 0 Å². The van der Waals surface area contributed by atoms with E-state index in [0.29, 0.717) is 24.1 Å². The molecule has 1 unspecified atom stereocenters. The van der Waals surface area contributed by atoms with Crippen LogP contribution in [0.3, 0.4) is 0 Å². The number of carbonyl (C=O) groups excluding carboxylic acids is 2. The van der Waals surface area contributed by atoms with Crippen LogP contribution in [-0.2, 0) is 45.9 Å². The number of amides is 2. The molecule has 4 nitrogen and oxygen atoms in total. The van der Waals surface area contributed by atoms with Crippen LogP contribution in [0.25, 0.3) is 0 Å². The van der Waals surface area contributed by atoms with Crippen molar-refractivity contribution in [2.75, 3.05) is 0 Å². The summed E-state index contributed by atoms with van der Waals surface area (Å²) in [4.78, 5) is 24.7. The molecule has 1 aliphatic rings. The molecule has 2 amide bonds. The molecule has 1 aliphatic heterocycles. The molecule has 0 aromatic heterocycles. The first kappa shape index (κ1) is 20.5. The van der Waals surface area contributed by atoms with Gasteiger partial charge in [-0.3, -0.25) is 0 Å². The first-order valence-corrected chi connectivity index (χ1v) is 9.89. The zero-order chi connectivity index (χ0) is 17.8. The van der Waals surface area contributed by atoms with Crippen molar-refractivity contribution in [3.63, 3.8) is 0 Å². The van der Waals surface area contributed by atoms with Gasteiger partial charge in [-0.05, 0) is 0 Å². The van der Waals surface area contributed by atoms with Gasteiger partial charge in [-0.25, -0.2) is 0 Å². The van der Waals surface area contributed by atoms with Crippen LogP contribution in [0.4, 0.5) is 0 Å². The van der Waals surface area contributed by atoms with Crippen molar-refractivity contribution in [3.05, 3.63) is 23.9 Å². The van der Waals surface area contributed by atoms with E-state index in [2.05, 4.69) is 55.0 Å². The van der Waals surface area contributed by atoms with E-state index in [1.54, 1.807) is 6.92 Å². The molecule has 0 saturated carbocycles. The average Bonchev–Trinajstić information content (AvgIpc) is 2.39. The van der Waals surface area contributed by atoms with Gasteiger partial charge in [0.2, 0.25) is 0 Å². The molecule has 6 heteroatoms. The summed E-state index contributed by atoms with van der Waals surface area (Å²) in [6.45, 7) is 12.0. The van der Waals surface area contributed by atoms with E-state index in [1.165, 1.54) is 19.4 Å². The van der Waals surface area contributed by atoms with E-state index < -0.39 is 5.54 Å². The maximum absolute atomic E-state index is 12.6. The second-order valence-electron chi connectivity index (χ2n) is 7.29. The van der Waals surface area contributed by atoms with Crippen LogP contribution >= 0.6 is 0 Å². The Bertz CT molecular complexity index is 590. The van der Waals surface area contributed by atoms with E-state index >= 15 is 0 Å². The number of hydrogen-bond donors (Lipinski definition) is 2. The first-order valence-electron chi connectivity index (χ1n) is 7.50. The number of allylic oxidation sites excluding steroid dienone is 2. The van der Waals surface area contributed by atoms with Gasteiger partial charge in [0.15, 0.2) is 0 Å². The van der Waals surface area contributed by atoms with E-state index in [-0.39, 0.29) is 17.2 Å². The van der Waals surface area contributed by atoms with Crippen molar-refractivity contribution in [1.29, 1.82) is 0 Å². The quantitative estimate of drug-likeness (QED) is 0.540. The number of carbonyl (C=O) groups is 2. The summed E-state index contributed by atoms with van der Waals surface area (Å²) in [5, 5.41) is 5.61. The Hall–Kier alpha value is -0.567. The molecule has 2 N–H and O–H groups in total. The Morgan fingerprint density at radius 1 is 1.52 bits per heavy atom. The predicted molar refractivity (Wildman–Crippen MR) is 86.3 cm³/mol. The normalized spacial score (nSPS) is 22.3. The molecule has 0 radical (unpaired) electrons. The monoisotopic (exact) mass is 523 g/mol. The van der Waals surface area contributed by atoms with Gasteiger partial charge in [0.05, 0.1) is 0 Å². The maximum atomic E-state index is 12.6. The van der Waals surface area contributed by atoms with Crippen LogP contribution in [0, 0.1) is 5.41 Å². The van der Waals surface area contributed by atoms with Crippen LogP contribution < -0.4 is 10.6 Å². The summed E-state index contributed by atoms with van der Waals surface area (Å²) in [6.07, 6.45) is 4.03. The Morgan fingerprint density at radius 2 is 2.13 bits per heavy atom. The van der Waals surface area contributed by atoms with Crippen molar-refractivity contribution >= 4 is 20.4 Å². The zero-order valence-electron chi connectivity index (χ0n) is 14.2. The summed E-state index contributed by atoms with van der Waals surface area (Å²) in [5.41, 5.74) is 0.591. The topological polar surface area (TPSA) is 58.2 Å². The molecule has 1 rings (SSSR count). The van der Waals surface area contributed by atoms with Crippen LogP contribution in [0.1, 0.15) is 47.0 Å². The number of rotatable bonds is 5. The predicted octanol–water partition coefficient (Wildman–Crippen LogP) is 1.72. The summed E-state index contributed by atoms with van der Waals surface area (Å²) in [7, 11) is 0. The molecule has 1 fully saturated rings. The van der Waals surface area contributed by atoms with Crippen molar-refractivity contribution < 1.29 is 45.9 Å². The van der Waals surface area contributed by atoms with Gasteiger partial charge in [0.1, 0.15) is 0 Å². The Morgan fingerprint density at radius 3 is 2.61 bits per heavy atom. The van der Waals surface area contributed by atoms with Crippen LogP contribution in [0.5, 0.6) is 0 Å². The molecule has 23 heavy (non-hydrogen) atoms. The third-order valence-corrected chi connectivity index (χ3v) is 4.89. The second kappa shape index (κ2) is 8.01. The molecular weight excluding hydrogens is 499 g/mol. The molecule has 125 valence electrons. The van der Waals surface area contributed by atoms with Gasteiger partial charge in [0, 0.05) is 0 Å². The molecule has 1 saturated heterocycles. The van der Waals surface area contributed by atoms with E-state index in [9.17, 15) is 9.59 Å². The summed E-state index contributed by atoms with van der Waals surface area (Å²) < 4.78 is 2.95. The fourth-order valence-corrected chi connectivity index (χ4v) is 3.83. The third-order valence-electron chi connectivity index (χ3n) is 3.53. The van der Waals surface area contributed by atoms with Crippen molar-refractivity contribution in [2.45, 2.75) is 52.5 Å². The van der Waals surface area contributed by atoms with Gasteiger partial charge < -0.3 is 0 Å². The Balaban J connectivity index is 2.85. The van der Waals surface area contributed by atoms with Gasteiger partial charge >= 0.3 is 159 Å². The average molecular weight is 523 g/mol. The number of hydrogen-bond acceptors (Lipinski definition) is 2. The molecular formula is C17H24N2O2VW. The minimum absolute atomic E-state index is 0.163. The van der Waals surface area contributed by atoms with Gasteiger partial charge in [0.25, 0.3) is 0 Å². The van der Waals surface area contributed by atoms with Gasteiger partial charge in [-0.15, -0.1) is 0 Å². The standard InChI is InChI=1S/C17H24N2O2.V.W/c1-12(8-7-10-16(3,4)5)14(20)19-17(6)11-9-13(2)18-15(17)21;;/h1,8H,2,9-11H2,3-6H3,(H,18,21)(H,19,20);;. The van der Waals surface area contributed by atoms with E-state index in [0.717, 1.165) is 10.6 Å². The fraction of sp³-hybridized carbons (Fsp3) is 0.529. The van der Waals surface area contributed by atoms with Crippen LogP contribution in [0.2, 0.25) is 0 Å². The van der Waals surface area contributed by atoms with Crippen LogP contribution in [0.15, 0.2) is 23.9 Å². The molecule has 0 aromatic carbocycles. The van der Waals surface area contributed by atoms with Crippen LogP contribution in [-0.4, -0.2) is 26.0 Å². The van der Waals surface area contributed by atoms with E-state index in [1.807, 2.05) is 10.5 Å². The van der Waals surface area contributed by atoms with Crippen molar-refractivity contribution in [1.82, 2.24) is 10.6 Å². The van der Waals surface area contributed by atoms with Gasteiger partial charge in [-0.2, -0.15) is 0 Å². The van der Waals surface area contributed by atoms with Crippen molar-refractivity contribution in [2.24, 2.45) is 5.41 Å². The van der Waals surface area contributed by atoms with Gasteiger partial charge in [-0.1, -0.05) is 0 Å². The third kappa shape index (κ3) is 6.45. The molecule has 0 bridgehead atoms. The summed E-state index contributed by atoms with van der Waals surface area (Å²) in [5.74, 6) is -0.404. The van der Waals surface area contributed by atoms with Crippen molar-refractivity contribution in [3.8, 4) is 0 Å².